The standard InChI is InChI=1S/C14H11ClN2OS/c15-9-2-1-3-10-13(9)18-14(17-10)12-8-5-7-19-11(8)4-6-16-12/h1-3,5,7,12,16H,4,6H2. The largest absolute Gasteiger partial charge is 0.437 e. The molecule has 3 heterocycles. The van der Waals surface area contributed by atoms with E-state index in [0.29, 0.717) is 16.5 Å². The van der Waals surface area contributed by atoms with Crippen molar-refractivity contribution in [2.24, 2.45) is 0 Å². The Labute approximate surface area is 119 Å². The summed E-state index contributed by atoms with van der Waals surface area (Å²) in [5.74, 6) is 0.697. The first-order valence-corrected chi connectivity index (χ1v) is 7.43. The maximum Gasteiger partial charge on any atom is 0.217 e. The number of halogens is 1. The zero-order chi connectivity index (χ0) is 12.8. The second kappa shape index (κ2) is 4.34. The number of hydrogen-bond donors (Lipinski definition) is 1. The van der Waals surface area contributed by atoms with Crippen molar-refractivity contribution in [2.75, 3.05) is 6.54 Å². The molecule has 1 aliphatic rings. The molecule has 1 unspecified atom stereocenters. The summed E-state index contributed by atoms with van der Waals surface area (Å²) in [6.07, 6.45) is 1.07. The van der Waals surface area contributed by atoms with Gasteiger partial charge in [0.15, 0.2) is 5.58 Å². The van der Waals surface area contributed by atoms with Crippen LogP contribution in [0.25, 0.3) is 11.1 Å². The van der Waals surface area contributed by atoms with Crippen LogP contribution in [0.1, 0.15) is 22.4 Å². The summed E-state index contributed by atoms with van der Waals surface area (Å²) in [4.78, 5) is 5.98. The molecule has 1 aromatic carbocycles. The Morgan fingerprint density at radius 2 is 2.32 bits per heavy atom. The Bertz CT molecular complexity index is 749. The van der Waals surface area contributed by atoms with Gasteiger partial charge in [0.25, 0.3) is 0 Å². The van der Waals surface area contributed by atoms with Gasteiger partial charge in [0.05, 0.1) is 5.02 Å². The Hall–Kier alpha value is -1.36. The van der Waals surface area contributed by atoms with Crippen molar-refractivity contribution in [1.82, 2.24) is 10.3 Å². The number of fused-ring (bicyclic) bond motifs is 2. The Morgan fingerprint density at radius 1 is 1.37 bits per heavy atom. The van der Waals surface area contributed by atoms with Crippen LogP contribution in [-0.4, -0.2) is 11.5 Å². The number of para-hydroxylation sites is 1. The normalized spacial score (nSPS) is 18.7. The first kappa shape index (κ1) is 11.5. The lowest BCUT2D eigenvalue weighted by atomic mass is 10.0. The molecular weight excluding hydrogens is 280 g/mol. The highest BCUT2D eigenvalue weighted by atomic mass is 35.5. The van der Waals surface area contributed by atoms with Crippen LogP contribution in [0, 0.1) is 0 Å². The average Bonchev–Trinajstić information content (AvgIpc) is 3.05. The van der Waals surface area contributed by atoms with Crippen LogP contribution >= 0.6 is 22.9 Å². The number of rotatable bonds is 1. The summed E-state index contributed by atoms with van der Waals surface area (Å²) in [6, 6.07) is 7.82. The van der Waals surface area contributed by atoms with Gasteiger partial charge in [-0.05, 0) is 35.6 Å². The highest BCUT2D eigenvalue weighted by molar-refractivity contribution is 7.10. The minimum Gasteiger partial charge on any atom is -0.437 e. The van der Waals surface area contributed by atoms with Crippen LogP contribution in [0.2, 0.25) is 5.02 Å². The van der Waals surface area contributed by atoms with E-state index in [0.717, 1.165) is 18.5 Å². The maximum atomic E-state index is 6.14. The molecule has 1 aliphatic heterocycles. The van der Waals surface area contributed by atoms with E-state index in [-0.39, 0.29) is 6.04 Å². The van der Waals surface area contributed by atoms with Gasteiger partial charge in [-0.25, -0.2) is 4.98 Å². The van der Waals surface area contributed by atoms with Gasteiger partial charge in [-0.15, -0.1) is 11.3 Å². The summed E-state index contributed by atoms with van der Waals surface area (Å²) in [5.41, 5.74) is 2.76. The van der Waals surface area contributed by atoms with E-state index in [1.54, 1.807) is 11.3 Å². The van der Waals surface area contributed by atoms with Crippen LogP contribution in [0.5, 0.6) is 0 Å². The lowest BCUT2D eigenvalue weighted by Crippen LogP contribution is -2.29. The lowest BCUT2D eigenvalue weighted by molar-refractivity contribution is 0.442. The number of nitrogens with one attached hydrogen (secondary N) is 1. The fourth-order valence-electron chi connectivity index (χ4n) is 2.53. The number of nitrogens with zero attached hydrogens (tertiary/aromatic N) is 1. The van der Waals surface area contributed by atoms with E-state index in [1.165, 1.54) is 10.4 Å². The van der Waals surface area contributed by atoms with Crippen molar-refractivity contribution in [3.8, 4) is 0 Å². The van der Waals surface area contributed by atoms with E-state index in [4.69, 9.17) is 16.0 Å². The van der Waals surface area contributed by atoms with Crippen molar-refractivity contribution in [3.05, 3.63) is 51.0 Å². The molecule has 0 bridgehead atoms. The number of aromatic nitrogens is 1. The van der Waals surface area contributed by atoms with Crippen LogP contribution in [0.4, 0.5) is 0 Å². The third-order valence-electron chi connectivity index (χ3n) is 3.42. The van der Waals surface area contributed by atoms with E-state index in [2.05, 4.69) is 21.7 Å². The predicted molar refractivity (Wildman–Crippen MR) is 76.9 cm³/mol. The van der Waals surface area contributed by atoms with Crippen molar-refractivity contribution >= 4 is 34.0 Å². The summed E-state index contributed by atoms with van der Waals surface area (Å²) < 4.78 is 5.86. The molecule has 96 valence electrons. The number of benzene rings is 1. The van der Waals surface area contributed by atoms with Gasteiger partial charge < -0.3 is 9.73 Å². The molecule has 0 amide bonds. The number of hydrogen-bond acceptors (Lipinski definition) is 4. The molecule has 19 heavy (non-hydrogen) atoms. The molecule has 0 radical (unpaired) electrons. The molecule has 1 N–H and O–H groups in total. The highest BCUT2D eigenvalue weighted by Crippen LogP contribution is 2.34. The summed E-state index contributed by atoms with van der Waals surface area (Å²) >= 11 is 7.93. The van der Waals surface area contributed by atoms with Gasteiger partial charge in [-0.3, -0.25) is 0 Å². The van der Waals surface area contributed by atoms with Gasteiger partial charge in [0.1, 0.15) is 11.6 Å². The maximum absolute atomic E-state index is 6.14. The molecule has 4 rings (SSSR count). The van der Waals surface area contributed by atoms with Crippen molar-refractivity contribution in [3.63, 3.8) is 0 Å². The number of thiophene rings is 1. The van der Waals surface area contributed by atoms with Gasteiger partial charge in [-0.1, -0.05) is 17.7 Å². The molecule has 2 aromatic heterocycles. The molecule has 0 saturated heterocycles. The first-order valence-electron chi connectivity index (χ1n) is 6.17. The van der Waals surface area contributed by atoms with E-state index in [9.17, 15) is 0 Å². The second-order valence-corrected chi connectivity index (χ2v) is 5.98. The third-order valence-corrected chi connectivity index (χ3v) is 4.72. The zero-order valence-electron chi connectivity index (χ0n) is 10.0. The van der Waals surface area contributed by atoms with Gasteiger partial charge in [-0.2, -0.15) is 0 Å². The lowest BCUT2D eigenvalue weighted by Gasteiger charge is -2.21. The van der Waals surface area contributed by atoms with Gasteiger partial charge in [0.2, 0.25) is 5.89 Å². The summed E-state index contributed by atoms with van der Waals surface area (Å²) in [7, 11) is 0. The smallest absolute Gasteiger partial charge is 0.217 e. The first-order chi connectivity index (χ1) is 9.33. The fourth-order valence-corrected chi connectivity index (χ4v) is 3.66. The third kappa shape index (κ3) is 1.79. The Balaban J connectivity index is 1.86. The quantitative estimate of drug-likeness (QED) is 0.741. The molecule has 3 nitrogen and oxygen atoms in total. The minimum atomic E-state index is 0.0402. The van der Waals surface area contributed by atoms with Crippen molar-refractivity contribution in [1.29, 1.82) is 0 Å². The molecule has 0 spiro atoms. The Morgan fingerprint density at radius 3 is 3.21 bits per heavy atom. The summed E-state index contributed by atoms with van der Waals surface area (Å²) in [6.45, 7) is 0.949. The average molecular weight is 291 g/mol. The van der Waals surface area contributed by atoms with Crippen LogP contribution < -0.4 is 5.32 Å². The molecular formula is C14H11ClN2OS. The molecule has 0 saturated carbocycles. The monoisotopic (exact) mass is 290 g/mol. The minimum absolute atomic E-state index is 0.0402. The molecule has 3 aromatic rings. The van der Waals surface area contributed by atoms with Crippen LogP contribution in [0.3, 0.4) is 0 Å². The molecule has 0 fully saturated rings. The molecule has 5 heteroatoms. The van der Waals surface area contributed by atoms with E-state index < -0.39 is 0 Å². The highest BCUT2D eigenvalue weighted by Gasteiger charge is 2.26. The summed E-state index contributed by atoms with van der Waals surface area (Å²) in [5, 5.41) is 6.20. The van der Waals surface area contributed by atoms with Crippen LogP contribution in [-0.2, 0) is 6.42 Å². The molecule has 0 aliphatic carbocycles. The van der Waals surface area contributed by atoms with Gasteiger partial charge >= 0.3 is 0 Å². The fraction of sp³-hybridized carbons (Fsp3) is 0.214. The van der Waals surface area contributed by atoms with Crippen molar-refractivity contribution in [2.45, 2.75) is 12.5 Å². The van der Waals surface area contributed by atoms with Crippen molar-refractivity contribution < 1.29 is 4.42 Å². The van der Waals surface area contributed by atoms with Crippen LogP contribution in [0.15, 0.2) is 34.1 Å². The second-order valence-electron chi connectivity index (χ2n) is 4.58. The Kier molecular flexibility index (Phi) is 2.62. The van der Waals surface area contributed by atoms with Gasteiger partial charge in [0, 0.05) is 11.4 Å². The zero-order valence-corrected chi connectivity index (χ0v) is 11.6. The topological polar surface area (TPSA) is 38.1 Å². The van der Waals surface area contributed by atoms with E-state index >= 15 is 0 Å². The molecule has 1 atom stereocenters. The predicted octanol–water partition coefficient (Wildman–Crippen LogP) is 3.78. The number of oxazole rings is 1. The SMILES string of the molecule is Clc1cccc2nc(C3NCCc4sccc43)oc12. The van der Waals surface area contributed by atoms with E-state index in [1.807, 2.05) is 18.2 Å².